The van der Waals surface area contributed by atoms with Gasteiger partial charge < -0.3 is 9.32 Å². The maximum absolute atomic E-state index is 6.09. The minimum atomic E-state index is 0.215. The van der Waals surface area contributed by atoms with Gasteiger partial charge >= 0.3 is 0 Å². The third-order valence-corrected chi connectivity index (χ3v) is 5.62. The normalized spacial score (nSPS) is 29.2. The Labute approximate surface area is 155 Å². The predicted octanol–water partition coefficient (Wildman–Crippen LogP) is 2.16. The largest absolute Gasteiger partial charge is 0.459 e. The lowest BCUT2D eigenvalue weighted by Crippen LogP contribution is -2.41. The van der Waals surface area contributed by atoms with E-state index in [0.717, 1.165) is 31.0 Å². The number of hydrogen-bond donors (Lipinski definition) is 4. The third kappa shape index (κ3) is 3.94. The summed E-state index contributed by atoms with van der Waals surface area (Å²) in [5.41, 5.74) is 14.6. The van der Waals surface area contributed by atoms with Gasteiger partial charge in [0, 0.05) is 43.0 Å². The van der Waals surface area contributed by atoms with E-state index in [1.54, 1.807) is 0 Å². The summed E-state index contributed by atoms with van der Waals surface area (Å²) < 4.78 is 6.09. The molecule has 3 heterocycles. The highest BCUT2D eigenvalue weighted by Gasteiger charge is 2.32. The molecule has 142 valence electrons. The fraction of sp³-hybridized carbons (Fsp3) is 0.600. The molecule has 1 aromatic heterocycles. The van der Waals surface area contributed by atoms with Gasteiger partial charge in [-0.3, -0.25) is 16.3 Å². The molecule has 0 spiro atoms. The molecule has 0 radical (unpaired) electrons. The molecule has 2 aromatic rings. The molecule has 4 rings (SSSR count). The molecule has 0 saturated carbocycles. The Balaban J connectivity index is 1.35. The first-order valence-corrected chi connectivity index (χ1v) is 9.89. The average molecular weight is 358 g/mol. The SMILES string of the molecule is CCCC1CC(CN(C)CC2CNNC2c2cc3ccccc3o2)NN1. The van der Waals surface area contributed by atoms with E-state index >= 15 is 0 Å². The molecule has 2 aliphatic rings. The third-order valence-electron chi connectivity index (χ3n) is 5.62. The van der Waals surface area contributed by atoms with Gasteiger partial charge in [0.15, 0.2) is 0 Å². The van der Waals surface area contributed by atoms with Crippen LogP contribution in [0.2, 0.25) is 0 Å². The number of furan rings is 1. The zero-order chi connectivity index (χ0) is 17.9. The van der Waals surface area contributed by atoms with Crippen LogP contribution in [0.3, 0.4) is 0 Å². The molecule has 0 bridgehead atoms. The number of benzene rings is 1. The molecule has 26 heavy (non-hydrogen) atoms. The van der Waals surface area contributed by atoms with E-state index in [1.165, 1.54) is 24.6 Å². The van der Waals surface area contributed by atoms with Crippen molar-refractivity contribution in [2.75, 3.05) is 26.7 Å². The second kappa shape index (κ2) is 8.06. The van der Waals surface area contributed by atoms with E-state index in [9.17, 15) is 0 Å². The number of fused-ring (bicyclic) bond motifs is 1. The number of nitrogens with one attached hydrogen (secondary N) is 4. The number of para-hydroxylation sites is 1. The molecule has 2 aliphatic heterocycles. The highest BCUT2D eigenvalue weighted by molar-refractivity contribution is 5.77. The van der Waals surface area contributed by atoms with Crippen LogP contribution < -0.4 is 21.7 Å². The number of nitrogens with zero attached hydrogens (tertiary/aromatic N) is 1. The van der Waals surface area contributed by atoms with E-state index in [2.05, 4.69) is 58.8 Å². The second-order valence-electron chi connectivity index (χ2n) is 7.88. The van der Waals surface area contributed by atoms with Crippen LogP contribution in [0.5, 0.6) is 0 Å². The van der Waals surface area contributed by atoms with Gasteiger partial charge in [0.25, 0.3) is 0 Å². The lowest BCUT2D eigenvalue weighted by molar-refractivity contribution is 0.239. The molecule has 4 unspecified atom stereocenters. The first-order chi connectivity index (χ1) is 12.7. The van der Waals surface area contributed by atoms with E-state index in [-0.39, 0.29) is 6.04 Å². The molecule has 1 aromatic carbocycles. The summed E-state index contributed by atoms with van der Waals surface area (Å²) >= 11 is 0. The van der Waals surface area contributed by atoms with Crippen molar-refractivity contribution >= 4 is 11.0 Å². The van der Waals surface area contributed by atoms with Crippen LogP contribution >= 0.6 is 0 Å². The Morgan fingerprint density at radius 1 is 1.12 bits per heavy atom. The highest BCUT2D eigenvalue weighted by Crippen LogP contribution is 2.30. The van der Waals surface area contributed by atoms with Gasteiger partial charge in [-0.2, -0.15) is 0 Å². The summed E-state index contributed by atoms with van der Waals surface area (Å²) in [5, 5.41) is 1.17. The number of rotatable bonds is 7. The summed E-state index contributed by atoms with van der Waals surface area (Å²) in [4.78, 5) is 2.45. The van der Waals surface area contributed by atoms with Crippen LogP contribution in [0, 0.1) is 5.92 Å². The Morgan fingerprint density at radius 2 is 1.96 bits per heavy atom. The lowest BCUT2D eigenvalue weighted by Gasteiger charge is -2.25. The maximum Gasteiger partial charge on any atom is 0.134 e. The average Bonchev–Trinajstić information content (AvgIpc) is 3.34. The highest BCUT2D eigenvalue weighted by atomic mass is 16.3. The Kier molecular flexibility index (Phi) is 5.57. The quantitative estimate of drug-likeness (QED) is 0.609. The number of likely N-dealkylation sites (N-methyl/N-ethyl adjacent to an activating group) is 1. The number of hydrazine groups is 2. The van der Waals surface area contributed by atoms with E-state index in [1.807, 2.05) is 12.1 Å². The standard InChI is InChI=1S/C20H31N5O/c1-3-6-16-10-17(23-22-16)13-25(2)12-15-11-21-24-20(15)19-9-14-7-4-5-8-18(14)26-19/h4-5,7-9,15-17,20-24H,3,6,10-13H2,1-2H3. The monoisotopic (exact) mass is 357 g/mol. The van der Waals surface area contributed by atoms with Crippen molar-refractivity contribution in [2.24, 2.45) is 5.92 Å². The topological polar surface area (TPSA) is 64.5 Å². The summed E-state index contributed by atoms with van der Waals surface area (Å²) in [6, 6.07) is 11.8. The van der Waals surface area contributed by atoms with Crippen molar-refractivity contribution in [1.29, 1.82) is 0 Å². The second-order valence-corrected chi connectivity index (χ2v) is 7.88. The van der Waals surface area contributed by atoms with E-state index < -0.39 is 0 Å². The van der Waals surface area contributed by atoms with E-state index in [4.69, 9.17) is 4.42 Å². The van der Waals surface area contributed by atoms with Crippen LogP contribution in [0.25, 0.3) is 11.0 Å². The van der Waals surface area contributed by atoms with Crippen molar-refractivity contribution in [3.8, 4) is 0 Å². The van der Waals surface area contributed by atoms with Gasteiger partial charge in [0.1, 0.15) is 11.3 Å². The molecule has 4 atom stereocenters. The smallest absolute Gasteiger partial charge is 0.134 e. The Morgan fingerprint density at radius 3 is 2.81 bits per heavy atom. The van der Waals surface area contributed by atoms with Gasteiger partial charge in [-0.15, -0.1) is 0 Å². The van der Waals surface area contributed by atoms with Crippen molar-refractivity contribution in [1.82, 2.24) is 26.6 Å². The van der Waals surface area contributed by atoms with Crippen LogP contribution in [-0.2, 0) is 0 Å². The van der Waals surface area contributed by atoms with Crippen molar-refractivity contribution in [3.63, 3.8) is 0 Å². The van der Waals surface area contributed by atoms with Crippen LogP contribution in [-0.4, -0.2) is 43.7 Å². The first kappa shape index (κ1) is 17.9. The molecule has 6 heteroatoms. The van der Waals surface area contributed by atoms with Crippen molar-refractivity contribution in [3.05, 3.63) is 36.1 Å². The zero-order valence-electron chi connectivity index (χ0n) is 15.8. The zero-order valence-corrected chi connectivity index (χ0v) is 15.8. The van der Waals surface area contributed by atoms with Gasteiger partial charge in [-0.05, 0) is 32.0 Å². The molecule has 2 fully saturated rings. The van der Waals surface area contributed by atoms with Crippen molar-refractivity contribution in [2.45, 2.75) is 44.3 Å². The Hall–Kier alpha value is -1.44. The van der Waals surface area contributed by atoms with Crippen molar-refractivity contribution < 1.29 is 4.42 Å². The minimum Gasteiger partial charge on any atom is -0.459 e. The van der Waals surface area contributed by atoms with Crippen LogP contribution in [0.4, 0.5) is 0 Å². The van der Waals surface area contributed by atoms with Gasteiger partial charge in [0.2, 0.25) is 0 Å². The number of hydrogen-bond acceptors (Lipinski definition) is 6. The molecule has 2 saturated heterocycles. The minimum absolute atomic E-state index is 0.215. The lowest BCUT2D eigenvalue weighted by atomic mass is 9.98. The summed E-state index contributed by atoms with van der Waals surface area (Å²) in [6.45, 7) is 5.31. The molecular formula is C20H31N5O. The molecular weight excluding hydrogens is 326 g/mol. The first-order valence-electron chi connectivity index (χ1n) is 9.89. The summed E-state index contributed by atoms with van der Waals surface area (Å²) in [6.07, 6.45) is 3.70. The van der Waals surface area contributed by atoms with E-state index in [0.29, 0.717) is 18.0 Å². The molecule has 6 nitrogen and oxygen atoms in total. The van der Waals surface area contributed by atoms with Gasteiger partial charge in [-0.1, -0.05) is 31.5 Å². The Bertz CT molecular complexity index is 684. The summed E-state index contributed by atoms with van der Waals surface area (Å²) in [5.74, 6) is 1.51. The fourth-order valence-corrected chi connectivity index (χ4v) is 4.37. The van der Waals surface area contributed by atoms with Gasteiger partial charge in [0.05, 0.1) is 6.04 Å². The van der Waals surface area contributed by atoms with Gasteiger partial charge in [-0.25, -0.2) is 5.43 Å². The van der Waals surface area contributed by atoms with Crippen LogP contribution in [0.1, 0.15) is 38.0 Å². The fourth-order valence-electron chi connectivity index (χ4n) is 4.37. The maximum atomic E-state index is 6.09. The molecule has 0 amide bonds. The molecule has 0 aliphatic carbocycles. The van der Waals surface area contributed by atoms with Crippen LogP contribution in [0.15, 0.2) is 34.7 Å². The predicted molar refractivity (Wildman–Crippen MR) is 104 cm³/mol. The summed E-state index contributed by atoms with van der Waals surface area (Å²) in [7, 11) is 2.23. The molecule has 4 N–H and O–H groups in total.